The maximum absolute atomic E-state index is 6.23. The quantitative estimate of drug-likeness (QED) is 0.536. The lowest BCUT2D eigenvalue weighted by Gasteiger charge is -2.39. The molecule has 0 bridgehead atoms. The van der Waals surface area contributed by atoms with E-state index in [4.69, 9.17) is 4.74 Å². The van der Waals surface area contributed by atoms with Crippen LogP contribution in [0.2, 0.25) is 0 Å². The summed E-state index contributed by atoms with van der Waals surface area (Å²) in [6, 6.07) is 10.5. The van der Waals surface area contributed by atoms with E-state index in [1.165, 1.54) is 24.8 Å². The smallest absolute Gasteiger partial charge is 0.134 e. The molecule has 1 aromatic rings. The third-order valence-corrected chi connectivity index (χ3v) is 3.76. The molecule has 0 unspecified atom stereocenters. The van der Waals surface area contributed by atoms with Gasteiger partial charge in [-0.15, -0.1) is 0 Å². The molecule has 0 atom stereocenters. The molecule has 0 N–H and O–H groups in total. The van der Waals surface area contributed by atoms with Crippen LogP contribution in [-0.4, -0.2) is 0 Å². The van der Waals surface area contributed by atoms with E-state index >= 15 is 0 Å². The van der Waals surface area contributed by atoms with Gasteiger partial charge >= 0.3 is 0 Å². The van der Waals surface area contributed by atoms with Crippen molar-refractivity contribution < 1.29 is 4.74 Å². The Bertz CT molecular complexity index is 424. The Morgan fingerprint density at radius 1 is 1.06 bits per heavy atom. The van der Waals surface area contributed by atoms with E-state index in [-0.39, 0.29) is 5.60 Å². The first-order valence-electron chi connectivity index (χ1n) is 6.73. The minimum absolute atomic E-state index is 0.185. The molecule has 0 heterocycles. The molecule has 18 heavy (non-hydrogen) atoms. The van der Waals surface area contributed by atoms with Gasteiger partial charge in [0.2, 0.25) is 0 Å². The Kier molecular flexibility index (Phi) is 3.90. The van der Waals surface area contributed by atoms with Crippen molar-refractivity contribution in [3.63, 3.8) is 0 Å². The van der Waals surface area contributed by atoms with E-state index in [0.717, 1.165) is 24.2 Å². The first-order chi connectivity index (χ1) is 8.64. The van der Waals surface area contributed by atoms with Crippen molar-refractivity contribution in [2.24, 2.45) is 0 Å². The fourth-order valence-corrected chi connectivity index (χ4v) is 2.64. The molecule has 1 saturated carbocycles. The van der Waals surface area contributed by atoms with Crippen LogP contribution in [0.1, 0.15) is 44.6 Å². The van der Waals surface area contributed by atoms with Gasteiger partial charge in [-0.05, 0) is 43.7 Å². The van der Waals surface area contributed by atoms with Gasteiger partial charge in [0.1, 0.15) is 11.4 Å². The molecule has 2 rings (SSSR count). The van der Waals surface area contributed by atoms with Gasteiger partial charge in [-0.25, -0.2) is 0 Å². The molecule has 1 nitrogen and oxygen atoms in total. The number of hydrogen-bond acceptors (Lipinski definition) is 1. The van der Waals surface area contributed by atoms with E-state index in [9.17, 15) is 0 Å². The van der Waals surface area contributed by atoms with Gasteiger partial charge in [0.15, 0.2) is 0 Å². The average Bonchev–Trinajstić information content (AvgIpc) is 2.40. The van der Waals surface area contributed by atoms with Crippen molar-refractivity contribution in [3.8, 4) is 0 Å². The van der Waals surface area contributed by atoms with Crippen molar-refractivity contribution in [2.75, 3.05) is 0 Å². The van der Waals surface area contributed by atoms with Crippen molar-refractivity contribution in [1.82, 2.24) is 0 Å². The molecule has 0 aromatic heterocycles. The van der Waals surface area contributed by atoms with Crippen LogP contribution in [0.25, 0.3) is 0 Å². The van der Waals surface area contributed by atoms with Crippen LogP contribution >= 0.6 is 0 Å². The molecule has 1 aliphatic rings. The fraction of sp³-hybridized carbons (Fsp3) is 0.412. The molecule has 96 valence electrons. The third-order valence-electron chi connectivity index (χ3n) is 3.76. The molecule has 0 amide bonds. The Labute approximate surface area is 110 Å². The van der Waals surface area contributed by atoms with E-state index in [1.807, 2.05) is 13.0 Å². The molecule has 1 heteroatoms. The van der Waals surface area contributed by atoms with Gasteiger partial charge in [-0.2, -0.15) is 0 Å². The lowest BCUT2D eigenvalue weighted by atomic mass is 9.79. The van der Waals surface area contributed by atoms with Crippen LogP contribution in [0.5, 0.6) is 0 Å². The van der Waals surface area contributed by atoms with Gasteiger partial charge in [0, 0.05) is 0 Å². The van der Waals surface area contributed by atoms with Crippen LogP contribution in [0.3, 0.4) is 0 Å². The minimum Gasteiger partial charge on any atom is -0.483 e. The lowest BCUT2D eigenvalue weighted by molar-refractivity contribution is -0.0295. The molecule has 1 aliphatic carbocycles. The molecule has 0 radical (unpaired) electrons. The van der Waals surface area contributed by atoms with Crippen LogP contribution < -0.4 is 0 Å². The van der Waals surface area contributed by atoms with E-state index in [2.05, 4.69) is 37.4 Å². The Hall–Kier alpha value is -1.50. The van der Waals surface area contributed by atoms with Gasteiger partial charge in [-0.3, -0.25) is 0 Å². The first-order valence-corrected chi connectivity index (χ1v) is 6.73. The van der Waals surface area contributed by atoms with Gasteiger partial charge in [0.05, 0.1) is 0 Å². The third kappa shape index (κ3) is 2.66. The summed E-state index contributed by atoms with van der Waals surface area (Å²) in [5.41, 5.74) is 2.00. The maximum Gasteiger partial charge on any atom is 0.134 e. The minimum atomic E-state index is -0.185. The zero-order chi connectivity index (χ0) is 13.0. The molecule has 0 aliphatic heterocycles. The fourth-order valence-electron chi connectivity index (χ4n) is 2.64. The normalized spacial score (nSPS) is 18.1. The zero-order valence-corrected chi connectivity index (χ0v) is 11.2. The number of rotatable bonds is 4. The highest BCUT2D eigenvalue weighted by Gasteiger charge is 2.36. The summed E-state index contributed by atoms with van der Waals surface area (Å²) >= 11 is 0. The number of allylic oxidation sites excluding steroid dienone is 1. The van der Waals surface area contributed by atoms with Crippen molar-refractivity contribution in [1.29, 1.82) is 0 Å². The summed E-state index contributed by atoms with van der Waals surface area (Å²) in [4.78, 5) is 0. The number of benzene rings is 1. The van der Waals surface area contributed by atoms with Crippen molar-refractivity contribution in [3.05, 3.63) is 60.4 Å². The Morgan fingerprint density at radius 3 is 2.22 bits per heavy atom. The molecule has 0 saturated heterocycles. The largest absolute Gasteiger partial charge is 0.483 e. The van der Waals surface area contributed by atoms with Gasteiger partial charge in [-0.1, -0.05) is 49.9 Å². The average molecular weight is 242 g/mol. The zero-order valence-electron chi connectivity index (χ0n) is 11.2. The Morgan fingerprint density at radius 2 is 1.67 bits per heavy atom. The van der Waals surface area contributed by atoms with Gasteiger partial charge in [0.25, 0.3) is 0 Å². The second-order valence-electron chi connectivity index (χ2n) is 5.23. The Balaban J connectivity index is 2.29. The second kappa shape index (κ2) is 5.43. The highest BCUT2D eigenvalue weighted by Crippen LogP contribution is 2.42. The molecule has 1 fully saturated rings. The summed E-state index contributed by atoms with van der Waals surface area (Å²) in [7, 11) is 0. The molecule has 0 spiro atoms. The standard InChI is InChI=1S/C17H22O/c1-14(2)15(3)18-17(12-8-5-9-13-17)16-10-6-4-7-11-16/h4,6-7,10-11H,1,3,5,8-9,12-13H2,2H3. The van der Waals surface area contributed by atoms with Crippen LogP contribution in [0.4, 0.5) is 0 Å². The lowest BCUT2D eigenvalue weighted by Crippen LogP contribution is -2.32. The van der Waals surface area contributed by atoms with E-state index in [1.54, 1.807) is 0 Å². The predicted molar refractivity (Wildman–Crippen MR) is 76.2 cm³/mol. The molecular formula is C17H22O. The molecule has 1 aromatic carbocycles. The van der Waals surface area contributed by atoms with E-state index in [0.29, 0.717) is 0 Å². The summed E-state index contributed by atoms with van der Waals surface area (Å²) in [5, 5.41) is 0. The van der Waals surface area contributed by atoms with Gasteiger partial charge < -0.3 is 4.74 Å². The highest BCUT2D eigenvalue weighted by molar-refractivity contribution is 5.26. The predicted octanol–water partition coefficient (Wildman–Crippen LogP) is 4.95. The van der Waals surface area contributed by atoms with Crippen LogP contribution in [-0.2, 0) is 10.3 Å². The monoisotopic (exact) mass is 242 g/mol. The number of hydrogen-bond donors (Lipinski definition) is 0. The number of ether oxygens (including phenoxy) is 1. The van der Waals surface area contributed by atoms with E-state index < -0.39 is 0 Å². The summed E-state index contributed by atoms with van der Waals surface area (Å²) in [6.45, 7) is 9.87. The van der Waals surface area contributed by atoms with Crippen molar-refractivity contribution >= 4 is 0 Å². The topological polar surface area (TPSA) is 9.23 Å². The molecular weight excluding hydrogens is 220 g/mol. The maximum atomic E-state index is 6.23. The summed E-state index contributed by atoms with van der Waals surface area (Å²) < 4.78 is 6.23. The first kappa shape index (κ1) is 12.9. The highest BCUT2D eigenvalue weighted by atomic mass is 16.5. The van der Waals surface area contributed by atoms with Crippen LogP contribution in [0.15, 0.2) is 54.8 Å². The second-order valence-corrected chi connectivity index (χ2v) is 5.23. The van der Waals surface area contributed by atoms with Crippen molar-refractivity contribution in [2.45, 2.75) is 44.6 Å². The summed E-state index contributed by atoms with van der Waals surface area (Å²) in [6.07, 6.45) is 5.89. The van der Waals surface area contributed by atoms with Crippen LogP contribution in [0, 0.1) is 0 Å². The summed E-state index contributed by atoms with van der Waals surface area (Å²) in [5.74, 6) is 0.723. The SMILES string of the molecule is C=C(C)C(=C)OC1(c2ccccc2)CCCCC1.